The van der Waals surface area contributed by atoms with E-state index in [1.165, 1.54) is 5.56 Å². The van der Waals surface area contributed by atoms with Gasteiger partial charge in [-0.25, -0.2) is 0 Å². The van der Waals surface area contributed by atoms with Crippen LogP contribution in [0.3, 0.4) is 0 Å². The molecule has 1 heterocycles. The van der Waals surface area contributed by atoms with Crippen molar-refractivity contribution < 1.29 is 14.3 Å². The van der Waals surface area contributed by atoms with Crippen LogP contribution in [-0.2, 0) is 16.0 Å². The van der Waals surface area contributed by atoms with E-state index in [0.717, 1.165) is 36.5 Å². The fraction of sp³-hybridized carbons (Fsp3) is 0.391. The van der Waals surface area contributed by atoms with Gasteiger partial charge in [-0.05, 0) is 69.0 Å². The normalized spacial score (nSPS) is 20.5. The average molecular weight is 378 g/mol. The monoisotopic (exact) mass is 378 g/mol. The highest BCUT2D eigenvalue weighted by Crippen LogP contribution is 2.42. The Hall–Kier alpha value is -2.82. The van der Waals surface area contributed by atoms with E-state index in [4.69, 9.17) is 4.74 Å². The number of nitrogens with one attached hydrogen (secondary N) is 1. The molecule has 146 valence electrons. The molecule has 2 atom stereocenters. The molecule has 1 aliphatic heterocycles. The minimum atomic E-state index is -0.242. The third kappa shape index (κ3) is 3.88. The number of anilines is 2. The van der Waals surface area contributed by atoms with Crippen LogP contribution in [0.2, 0.25) is 0 Å². The first kappa shape index (κ1) is 18.5. The number of nitrogens with zero attached hydrogens (tertiary/aromatic N) is 1. The van der Waals surface area contributed by atoms with E-state index in [0.29, 0.717) is 6.42 Å². The van der Waals surface area contributed by atoms with Gasteiger partial charge in [-0.1, -0.05) is 18.2 Å². The molecule has 1 aliphatic carbocycles. The highest BCUT2D eigenvalue weighted by Gasteiger charge is 2.50. The van der Waals surface area contributed by atoms with Crippen molar-refractivity contribution in [2.45, 2.75) is 39.2 Å². The van der Waals surface area contributed by atoms with Gasteiger partial charge in [-0.3, -0.25) is 9.59 Å². The van der Waals surface area contributed by atoms with Crippen molar-refractivity contribution in [1.82, 2.24) is 0 Å². The van der Waals surface area contributed by atoms with Gasteiger partial charge in [0.25, 0.3) is 0 Å². The molecule has 4 rings (SSSR count). The predicted octanol–water partition coefficient (Wildman–Crippen LogP) is 4.03. The van der Waals surface area contributed by atoms with Crippen LogP contribution >= 0.6 is 0 Å². The zero-order valence-corrected chi connectivity index (χ0v) is 16.4. The Balaban J connectivity index is 1.36. The first-order valence-electron chi connectivity index (χ1n) is 10.00. The number of fused-ring (bicyclic) bond motifs is 1. The molecule has 0 spiro atoms. The van der Waals surface area contributed by atoms with Gasteiger partial charge in [0.1, 0.15) is 5.75 Å². The Bertz CT molecular complexity index is 876. The molecule has 2 aromatic rings. The minimum absolute atomic E-state index is 0.0768. The molecular formula is C23H26N2O3. The SMILES string of the molecule is CC(C)Oc1ccc(NC(=O)C2CC2C(=O)N2CCCc3ccccc32)cc1. The number of carbonyl (C=O) groups excluding carboxylic acids is 2. The largest absolute Gasteiger partial charge is 0.491 e. The van der Waals surface area contributed by atoms with Crippen molar-refractivity contribution >= 4 is 23.2 Å². The van der Waals surface area contributed by atoms with Crippen molar-refractivity contribution in [2.24, 2.45) is 11.8 Å². The second kappa shape index (κ2) is 7.66. The summed E-state index contributed by atoms with van der Waals surface area (Å²) in [5, 5.41) is 2.93. The highest BCUT2D eigenvalue weighted by molar-refractivity contribution is 6.04. The smallest absolute Gasteiger partial charge is 0.230 e. The molecule has 2 unspecified atom stereocenters. The molecule has 0 radical (unpaired) electrons. The molecule has 2 aliphatic rings. The Morgan fingerprint density at radius 2 is 1.82 bits per heavy atom. The van der Waals surface area contributed by atoms with Crippen molar-refractivity contribution in [3.63, 3.8) is 0 Å². The molecular weight excluding hydrogens is 352 g/mol. The van der Waals surface area contributed by atoms with Gasteiger partial charge in [0.15, 0.2) is 0 Å². The van der Waals surface area contributed by atoms with Crippen LogP contribution in [0.1, 0.15) is 32.3 Å². The second-order valence-electron chi connectivity index (χ2n) is 7.85. The van der Waals surface area contributed by atoms with Crippen LogP contribution in [0.15, 0.2) is 48.5 Å². The summed E-state index contributed by atoms with van der Waals surface area (Å²) in [7, 11) is 0. The summed E-state index contributed by atoms with van der Waals surface area (Å²) in [5.74, 6) is 0.313. The fourth-order valence-corrected chi connectivity index (χ4v) is 3.84. The third-order valence-electron chi connectivity index (χ3n) is 5.31. The van der Waals surface area contributed by atoms with Gasteiger partial charge in [0.2, 0.25) is 11.8 Å². The van der Waals surface area contributed by atoms with E-state index in [-0.39, 0.29) is 29.8 Å². The highest BCUT2D eigenvalue weighted by atomic mass is 16.5. The van der Waals surface area contributed by atoms with Gasteiger partial charge in [-0.15, -0.1) is 0 Å². The molecule has 0 bridgehead atoms. The lowest BCUT2D eigenvalue weighted by Crippen LogP contribution is -2.37. The summed E-state index contributed by atoms with van der Waals surface area (Å²) in [6.45, 7) is 4.68. The van der Waals surface area contributed by atoms with E-state index >= 15 is 0 Å². The van der Waals surface area contributed by atoms with E-state index in [2.05, 4.69) is 11.4 Å². The number of para-hydroxylation sites is 1. The summed E-state index contributed by atoms with van der Waals surface area (Å²) in [6.07, 6.45) is 2.71. The number of aryl methyl sites for hydroxylation is 1. The Labute approximate surface area is 165 Å². The zero-order chi connectivity index (χ0) is 19.7. The first-order chi connectivity index (χ1) is 13.5. The molecule has 0 aromatic heterocycles. The molecule has 28 heavy (non-hydrogen) atoms. The number of amides is 2. The van der Waals surface area contributed by atoms with Gasteiger partial charge in [-0.2, -0.15) is 0 Å². The van der Waals surface area contributed by atoms with E-state index in [1.54, 1.807) is 0 Å². The summed E-state index contributed by atoms with van der Waals surface area (Å²) in [5.41, 5.74) is 2.94. The van der Waals surface area contributed by atoms with Crippen molar-refractivity contribution in [1.29, 1.82) is 0 Å². The summed E-state index contributed by atoms with van der Waals surface area (Å²) in [4.78, 5) is 27.4. The second-order valence-corrected chi connectivity index (χ2v) is 7.85. The van der Waals surface area contributed by atoms with Crippen LogP contribution in [0.5, 0.6) is 5.75 Å². The van der Waals surface area contributed by atoms with Crippen molar-refractivity contribution in [2.75, 3.05) is 16.8 Å². The van der Waals surface area contributed by atoms with Gasteiger partial charge in [0.05, 0.1) is 17.9 Å². The van der Waals surface area contributed by atoms with Crippen LogP contribution in [-0.4, -0.2) is 24.5 Å². The molecule has 2 aromatic carbocycles. The van der Waals surface area contributed by atoms with Gasteiger partial charge < -0.3 is 15.0 Å². The lowest BCUT2D eigenvalue weighted by molar-refractivity contribution is -0.123. The van der Waals surface area contributed by atoms with Crippen LogP contribution < -0.4 is 15.0 Å². The van der Waals surface area contributed by atoms with Crippen LogP contribution in [0.4, 0.5) is 11.4 Å². The zero-order valence-electron chi connectivity index (χ0n) is 16.4. The third-order valence-corrected chi connectivity index (χ3v) is 5.31. The molecule has 0 saturated heterocycles. The first-order valence-corrected chi connectivity index (χ1v) is 10.00. The summed E-state index contributed by atoms with van der Waals surface area (Å²) in [6, 6.07) is 15.4. The maximum absolute atomic E-state index is 13.0. The molecule has 1 saturated carbocycles. The lowest BCUT2D eigenvalue weighted by atomic mass is 10.0. The van der Waals surface area contributed by atoms with Gasteiger partial charge in [0, 0.05) is 17.9 Å². The van der Waals surface area contributed by atoms with Crippen LogP contribution in [0, 0.1) is 11.8 Å². The Morgan fingerprint density at radius 1 is 1.07 bits per heavy atom. The van der Waals surface area contributed by atoms with E-state index in [9.17, 15) is 9.59 Å². The van der Waals surface area contributed by atoms with Crippen molar-refractivity contribution in [3.8, 4) is 5.75 Å². The number of benzene rings is 2. The predicted molar refractivity (Wildman–Crippen MR) is 110 cm³/mol. The maximum atomic E-state index is 13.0. The molecule has 1 N–H and O–H groups in total. The fourth-order valence-electron chi connectivity index (χ4n) is 3.84. The van der Waals surface area contributed by atoms with Crippen molar-refractivity contribution in [3.05, 3.63) is 54.1 Å². The maximum Gasteiger partial charge on any atom is 0.230 e. The van der Waals surface area contributed by atoms with E-state index < -0.39 is 0 Å². The Kier molecular flexibility index (Phi) is 5.07. The molecule has 5 nitrogen and oxygen atoms in total. The molecule has 2 amide bonds. The van der Waals surface area contributed by atoms with Gasteiger partial charge >= 0.3 is 0 Å². The summed E-state index contributed by atoms with van der Waals surface area (Å²) < 4.78 is 5.62. The minimum Gasteiger partial charge on any atom is -0.491 e. The van der Waals surface area contributed by atoms with E-state index in [1.807, 2.05) is 61.2 Å². The number of rotatable bonds is 5. The molecule has 5 heteroatoms. The number of ether oxygens (including phenoxy) is 1. The number of carbonyl (C=O) groups is 2. The Morgan fingerprint density at radius 3 is 2.57 bits per heavy atom. The standard InChI is InChI=1S/C23H26N2O3/c1-15(2)28-18-11-9-17(10-12-18)24-22(26)19-14-20(19)23(27)25-13-5-7-16-6-3-4-8-21(16)25/h3-4,6,8-12,15,19-20H,5,7,13-14H2,1-2H3,(H,24,26). The van der Waals surface area contributed by atoms with Crippen LogP contribution in [0.25, 0.3) is 0 Å². The number of hydrogen-bond acceptors (Lipinski definition) is 3. The quantitative estimate of drug-likeness (QED) is 0.855. The lowest BCUT2D eigenvalue weighted by Gasteiger charge is -2.29. The number of hydrogen-bond donors (Lipinski definition) is 1. The topological polar surface area (TPSA) is 58.6 Å². The summed E-state index contributed by atoms with van der Waals surface area (Å²) >= 11 is 0. The average Bonchev–Trinajstić information content (AvgIpc) is 3.49. The molecule has 1 fully saturated rings.